The molecule has 1 rings (SSSR count). The van der Waals surface area contributed by atoms with E-state index >= 15 is 0 Å². The molecule has 0 N–H and O–H groups in total. The number of carbonyl (C=O) groups excluding carboxylic acids is 1. The summed E-state index contributed by atoms with van der Waals surface area (Å²) < 4.78 is 0. The summed E-state index contributed by atoms with van der Waals surface area (Å²) in [7, 11) is 0. The number of hydrogen-bond acceptors (Lipinski definition) is 1. The van der Waals surface area contributed by atoms with Crippen molar-refractivity contribution in [2.45, 2.75) is 84.6 Å². The Hall–Kier alpha value is -0.790. The summed E-state index contributed by atoms with van der Waals surface area (Å²) in [6.45, 7) is 9.75. The lowest BCUT2D eigenvalue weighted by molar-refractivity contribution is -0.134. The molecule has 0 aliphatic carbocycles. The van der Waals surface area contributed by atoms with E-state index < -0.39 is 0 Å². The number of allylic oxidation sites excluding steroid dienone is 1. The average molecular weight is 279 g/mol. The molecule has 0 saturated carbocycles. The molecule has 0 aromatic rings. The van der Waals surface area contributed by atoms with Crippen LogP contribution in [0.15, 0.2) is 12.2 Å². The van der Waals surface area contributed by atoms with Crippen molar-refractivity contribution >= 4 is 5.91 Å². The molecule has 1 fully saturated rings. The van der Waals surface area contributed by atoms with Crippen molar-refractivity contribution in [3.63, 3.8) is 0 Å². The highest BCUT2D eigenvalue weighted by molar-refractivity contribution is 5.77. The Kier molecular flexibility index (Phi) is 7.32. The van der Waals surface area contributed by atoms with Gasteiger partial charge in [0.2, 0.25) is 5.91 Å². The lowest BCUT2D eigenvalue weighted by Gasteiger charge is -2.36. The third kappa shape index (κ3) is 4.36. The first kappa shape index (κ1) is 17.3. The third-order valence-electron chi connectivity index (χ3n) is 4.77. The fraction of sp³-hybridized carbons (Fsp3) is 0.833. The minimum atomic E-state index is 0.0248. The molecule has 1 aliphatic heterocycles. The van der Waals surface area contributed by atoms with Crippen molar-refractivity contribution in [2.24, 2.45) is 5.92 Å². The van der Waals surface area contributed by atoms with Crippen molar-refractivity contribution in [1.82, 2.24) is 4.90 Å². The van der Waals surface area contributed by atoms with Gasteiger partial charge in [-0.15, -0.1) is 0 Å². The van der Waals surface area contributed by atoms with Gasteiger partial charge in [0.1, 0.15) is 0 Å². The van der Waals surface area contributed by atoms with Crippen molar-refractivity contribution < 1.29 is 4.79 Å². The highest BCUT2D eigenvalue weighted by Gasteiger charge is 2.40. The minimum Gasteiger partial charge on any atom is -0.334 e. The van der Waals surface area contributed by atoms with Crippen LogP contribution in [0.5, 0.6) is 0 Å². The van der Waals surface area contributed by atoms with E-state index in [9.17, 15) is 4.79 Å². The van der Waals surface area contributed by atoms with Gasteiger partial charge in [-0.2, -0.15) is 0 Å². The molecule has 1 amide bonds. The Bertz CT molecular complexity index is 323. The van der Waals surface area contributed by atoms with Gasteiger partial charge in [0.25, 0.3) is 0 Å². The second-order valence-corrected chi connectivity index (χ2v) is 6.41. The summed E-state index contributed by atoms with van der Waals surface area (Å²) in [5, 5.41) is 0. The van der Waals surface area contributed by atoms with Gasteiger partial charge in [0.15, 0.2) is 0 Å². The van der Waals surface area contributed by atoms with E-state index in [1.165, 1.54) is 12.8 Å². The fourth-order valence-corrected chi connectivity index (χ4v) is 3.47. The summed E-state index contributed by atoms with van der Waals surface area (Å²) >= 11 is 0. The Morgan fingerprint density at radius 1 is 1.40 bits per heavy atom. The Balaban J connectivity index is 2.60. The van der Waals surface area contributed by atoms with Crippen molar-refractivity contribution in [3.8, 4) is 0 Å². The highest BCUT2D eigenvalue weighted by atomic mass is 16.2. The van der Waals surface area contributed by atoms with E-state index in [1.807, 2.05) is 0 Å². The molecule has 0 aromatic heterocycles. The SMILES string of the molecule is C/C=C\C1(CCC)CCCN1C(=O)CCCC(C)CC. The van der Waals surface area contributed by atoms with Crippen LogP contribution < -0.4 is 0 Å². The molecule has 0 radical (unpaired) electrons. The molecule has 2 nitrogen and oxygen atoms in total. The van der Waals surface area contributed by atoms with Crippen LogP contribution in [-0.2, 0) is 4.79 Å². The van der Waals surface area contributed by atoms with E-state index in [0.29, 0.717) is 5.91 Å². The van der Waals surface area contributed by atoms with Gasteiger partial charge in [0.05, 0.1) is 5.54 Å². The predicted octanol–water partition coefficient (Wildman–Crippen LogP) is 4.94. The summed E-state index contributed by atoms with van der Waals surface area (Å²) in [5.74, 6) is 1.12. The van der Waals surface area contributed by atoms with Crippen LogP contribution in [-0.4, -0.2) is 22.9 Å². The molecular weight excluding hydrogens is 246 g/mol. The zero-order valence-corrected chi connectivity index (χ0v) is 14.0. The lowest BCUT2D eigenvalue weighted by atomic mass is 9.89. The standard InChI is InChI=1S/C18H33NO/c1-5-12-18(13-6-2)14-9-15-19(18)17(20)11-8-10-16(4)7-3/h5,12,16H,6-11,13-15H2,1-4H3/b12-5-. The molecule has 1 aliphatic rings. The van der Waals surface area contributed by atoms with Gasteiger partial charge in [-0.3, -0.25) is 4.79 Å². The van der Waals surface area contributed by atoms with Crippen LogP contribution >= 0.6 is 0 Å². The molecule has 2 unspecified atom stereocenters. The van der Waals surface area contributed by atoms with Gasteiger partial charge in [-0.25, -0.2) is 0 Å². The molecule has 0 aromatic carbocycles. The van der Waals surface area contributed by atoms with E-state index in [2.05, 4.69) is 44.7 Å². The predicted molar refractivity (Wildman–Crippen MR) is 86.7 cm³/mol. The maximum absolute atomic E-state index is 12.6. The number of amides is 1. The van der Waals surface area contributed by atoms with Crippen LogP contribution in [0.25, 0.3) is 0 Å². The monoisotopic (exact) mass is 279 g/mol. The highest BCUT2D eigenvalue weighted by Crippen LogP contribution is 2.35. The Morgan fingerprint density at radius 3 is 2.75 bits per heavy atom. The maximum Gasteiger partial charge on any atom is 0.223 e. The number of nitrogens with zero attached hydrogens (tertiary/aromatic N) is 1. The third-order valence-corrected chi connectivity index (χ3v) is 4.77. The van der Waals surface area contributed by atoms with Gasteiger partial charge >= 0.3 is 0 Å². The van der Waals surface area contributed by atoms with Gasteiger partial charge in [-0.1, -0.05) is 52.2 Å². The number of hydrogen-bond donors (Lipinski definition) is 0. The van der Waals surface area contributed by atoms with Crippen molar-refractivity contribution in [1.29, 1.82) is 0 Å². The normalized spacial score (nSPS) is 24.5. The first-order chi connectivity index (χ1) is 9.59. The Labute approximate surface area is 125 Å². The van der Waals surface area contributed by atoms with E-state index in [0.717, 1.165) is 51.0 Å². The van der Waals surface area contributed by atoms with Gasteiger partial charge < -0.3 is 4.90 Å². The Morgan fingerprint density at radius 2 is 2.15 bits per heavy atom. The van der Waals surface area contributed by atoms with Crippen LogP contribution in [0.2, 0.25) is 0 Å². The van der Waals surface area contributed by atoms with Gasteiger partial charge in [-0.05, 0) is 38.5 Å². The van der Waals surface area contributed by atoms with Crippen molar-refractivity contribution in [2.75, 3.05) is 6.54 Å². The molecule has 0 bridgehead atoms. The largest absolute Gasteiger partial charge is 0.334 e. The molecule has 116 valence electrons. The molecule has 2 atom stereocenters. The zero-order valence-electron chi connectivity index (χ0n) is 14.0. The second kappa shape index (κ2) is 8.49. The van der Waals surface area contributed by atoms with Crippen LogP contribution in [0, 0.1) is 5.92 Å². The van der Waals surface area contributed by atoms with E-state index in [1.54, 1.807) is 0 Å². The molecule has 1 saturated heterocycles. The first-order valence-electron chi connectivity index (χ1n) is 8.54. The fourth-order valence-electron chi connectivity index (χ4n) is 3.47. The maximum atomic E-state index is 12.6. The van der Waals surface area contributed by atoms with Crippen molar-refractivity contribution in [3.05, 3.63) is 12.2 Å². The summed E-state index contributed by atoms with van der Waals surface area (Å²) in [5.41, 5.74) is 0.0248. The zero-order chi connectivity index (χ0) is 15.0. The second-order valence-electron chi connectivity index (χ2n) is 6.41. The topological polar surface area (TPSA) is 20.3 Å². The minimum absolute atomic E-state index is 0.0248. The van der Waals surface area contributed by atoms with Crippen LogP contribution in [0.3, 0.4) is 0 Å². The molecular formula is C18H33NO. The first-order valence-corrected chi connectivity index (χ1v) is 8.54. The quantitative estimate of drug-likeness (QED) is 0.576. The van der Waals surface area contributed by atoms with E-state index in [4.69, 9.17) is 0 Å². The smallest absolute Gasteiger partial charge is 0.223 e. The molecule has 0 spiro atoms. The number of likely N-dealkylation sites (tertiary alicyclic amines) is 1. The summed E-state index contributed by atoms with van der Waals surface area (Å²) in [6, 6.07) is 0. The number of rotatable bonds is 8. The average Bonchev–Trinajstić information content (AvgIpc) is 2.83. The van der Waals surface area contributed by atoms with Crippen LogP contribution in [0.4, 0.5) is 0 Å². The van der Waals surface area contributed by atoms with Gasteiger partial charge in [0, 0.05) is 13.0 Å². The number of carbonyl (C=O) groups is 1. The summed E-state index contributed by atoms with van der Waals surface area (Å²) in [4.78, 5) is 14.7. The lowest BCUT2D eigenvalue weighted by Crippen LogP contribution is -2.45. The summed E-state index contributed by atoms with van der Waals surface area (Å²) in [6.07, 6.45) is 13.1. The molecule has 20 heavy (non-hydrogen) atoms. The molecule has 1 heterocycles. The molecule has 2 heteroatoms. The van der Waals surface area contributed by atoms with E-state index in [-0.39, 0.29) is 5.54 Å². The van der Waals surface area contributed by atoms with Crippen LogP contribution in [0.1, 0.15) is 79.1 Å².